The first kappa shape index (κ1) is 9.30. The van der Waals surface area contributed by atoms with E-state index in [9.17, 15) is 4.79 Å². The smallest absolute Gasteiger partial charge is 0.162 e. The van der Waals surface area contributed by atoms with E-state index in [0.717, 1.165) is 0 Å². The molecule has 0 aromatic carbocycles. The molecule has 2 nitrogen and oxygen atoms in total. The monoisotopic (exact) mass is 168 g/mol. The molecule has 0 aromatic heterocycles. The van der Waals surface area contributed by atoms with Gasteiger partial charge in [-0.1, -0.05) is 20.8 Å². The number of ketones is 1. The Labute approximate surface area is 73.6 Å². The Morgan fingerprint density at radius 2 is 2.17 bits per heavy atom. The van der Waals surface area contributed by atoms with Crippen molar-refractivity contribution in [1.29, 1.82) is 0 Å². The summed E-state index contributed by atoms with van der Waals surface area (Å²) in [7, 11) is 0. The predicted molar refractivity (Wildman–Crippen MR) is 47.6 cm³/mol. The zero-order valence-electron chi connectivity index (χ0n) is 7.91. The van der Waals surface area contributed by atoms with Crippen molar-refractivity contribution in [3.63, 3.8) is 0 Å². The fourth-order valence-corrected chi connectivity index (χ4v) is 1.27. The molecule has 0 saturated heterocycles. The van der Waals surface area contributed by atoms with Crippen LogP contribution in [0.2, 0.25) is 0 Å². The summed E-state index contributed by atoms with van der Waals surface area (Å²) in [6.07, 6.45) is 3.65. The van der Waals surface area contributed by atoms with Crippen LogP contribution in [0.3, 0.4) is 0 Å². The average Bonchev–Trinajstić information content (AvgIpc) is 2.03. The van der Waals surface area contributed by atoms with Gasteiger partial charge in [-0.25, -0.2) is 0 Å². The lowest BCUT2D eigenvalue weighted by atomic mass is 9.89. The quantitative estimate of drug-likeness (QED) is 0.631. The van der Waals surface area contributed by atoms with Gasteiger partial charge in [0.05, 0.1) is 6.26 Å². The molecule has 1 heterocycles. The van der Waals surface area contributed by atoms with Crippen molar-refractivity contribution in [2.45, 2.75) is 33.3 Å². The van der Waals surface area contributed by atoms with Gasteiger partial charge in [0.25, 0.3) is 0 Å². The number of carbonyl (C=O) groups excluding carboxylic acids is 1. The Morgan fingerprint density at radius 1 is 1.50 bits per heavy atom. The van der Waals surface area contributed by atoms with Crippen LogP contribution in [0.25, 0.3) is 0 Å². The van der Waals surface area contributed by atoms with Crippen molar-refractivity contribution in [3.05, 3.63) is 12.3 Å². The van der Waals surface area contributed by atoms with Crippen LogP contribution in [0, 0.1) is 11.8 Å². The third-order valence-electron chi connectivity index (χ3n) is 2.55. The minimum atomic E-state index is 0.0856. The highest BCUT2D eigenvalue weighted by atomic mass is 16.5. The van der Waals surface area contributed by atoms with E-state index in [4.69, 9.17) is 4.74 Å². The van der Waals surface area contributed by atoms with Gasteiger partial charge in [-0.3, -0.25) is 4.79 Å². The van der Waals surface area contributed by atoms with Gasteiger partial charge in [0.1, 0.15) is 6.10 Å². The lowest BCUT2D eigenvalue weighted by Gasteiger charge is -2.27. The largest absolute Gasteiger partial charge is 0.497 e. The van der Waals surface area contributed by atoms with E-state index >= 15 is 0 Å². The lowest BCUT2D eigenvalue weighted by Crippen LogP contribution is -2.28. The summed E-state index contributed by atoms with van der Waals surface area (Å²) in [5.41, 5.74) is 0. The second kappa shape index (κ2) is 3.74. The standard InChI is InChI=1S/C10H16O2/c1-7(2)8(3)10-6-9(11)4-5-12-10/h4-5,7-8,10H,6H2,1-3H3. The highest BCUT2D eigenvalue weighted by Gasteiger charge is 2.24. The molecule has 2 heteroatoms. The predicted octanol–water partition coefficient (Wildman–Crippen LogP) is 2.15. The highest BCUT2D eigenvalue weighted by molar-refractivity contribution is 5.90. The van der Waals surface area contributed by atoms with Crippen molar-refractivity contribution in [2.75, 3.05) is 0 Å². The molecule has 0 radical (unpaired) electrons. The molecule has 68 valence electrons. The molecule has 1 aliphatic rings. The third-order valence-corrected chi connectivity index (χ3v) is 2.55. The van der Waals surface area contributed by atoms with Crippen molar-refractivity contribution in [1.82, 2.24) is 0 Å². The molecule has 0 aromatic rings. The van der Waals surface area contributed by atoms with Crippen LogP contribution in [0.5, 0.6) is 0 Å². The van der Waals surface area contributed by atoms with Gasteiger partial charge in [-0.2, -0.15) is 0 Å². The van der Waals surface area contributed by atoms with Crippen molar-refractivity contribution in [3.8, 4) is 0 Å². The lowest BCUT2D eigenvalue weighted by molar-refractivity contribution is -0.119. The number of allylic oxidation sites excluding steroid dienone is 1. The zero-order chi connectivity index (χ0) is 9.14. The molecular weight excluding hydrogens is 152 g/mol. The molecule has 2 atom stereocenters. The second-order valence-electron chi connectivity index (χ2n) is 3.75. The summed E-state index contributed by atoms with van der Waals surface area (Å²) in [5.74, 6) is 1.19. The maximum Gasteiger partial charge on any atom is 0.162 e. The Kier molecular flexibility index (Phi) is 2.90. The van der Waals surface area contributed by atoms with Crippen LogP contribution in [-0.4, -0.2) is 11.9 Å². The SMILES string of the molecule is CC(C)C(C)C1CC(=O)C=CO1. The van der Waals surface area contributed by atoms with Crippen molar-refractivity contribution in [2.24, 2.45) is 11.8 Å². The number of hydrogen-bond donors (Lipinski definition) is 0. The summed E-state index contributed by atoms with van der Waals surface area (Å²) in [6.45, 7) is 6.43. The van der Waals surface area contributed by atoms with E-state index in [-0.39, 0.29) is 11.9 Å². The fourth-order valence-electron chi connectivity index (χ4n) is 1.27. The minimum absolute atomic E-state index is 0.0856. The van der Waals surface area contributed by atoms with Crippen LogP contribution in [0.15, 0.2) is 12.3 Å². The van der Waals surface area contributed by atoms with Gasteiger partial charge in [-0.15, -0.1) is 0 Å². The molecule has 2 unspecified atom stereocenters. The first-order valence-corrected chi connectivity index (χ1v) is 4.46. The second-order valence-corrected chi connectivity index (χ2v) is 3.75. The summed E-state index contributed by atoms with van der Waals surface area (Å²) >= 11 is 0. The van der Waals surface area contributed by atoms with Crippen molar-refractivity contribution < 1.29 is 9.53 Å². The van der Waals surface area contributed by atoms with Gasteiger partial charge in [-0.05, 0) is 11.8 Å². The minimum Gasteiger partial charge on any atom is -0.497 e. The van der Waals surface area contributed by atoms with Crippen LogP contribution in [0.4, 0.5) is 0 Å². The first-order valence-electron chi connectivity index (χ1n) is 4.46. The number of rotatable bonds is 2. The van der Waals surface area contributed by atoms with Gasteiger partial charge in [0, 0.05) is 12.5 Å². The molecule has 1 aliphatic heterocycles. The van der Waals surface area contributed by atoms with E-state index in [0.29, 0.717) is 18.3 Å². The van der Waals surface area contributed by atoms with Gasteiger partial charge < -0.3 is 4.74 Å². The Bertz CT molecular complexity index is 194. The fraction of sp³-hybridized carbons (Fsp3) is 0.700. The first-order chi connectivity index (χ1) is 5.61. The maximum absolute atomic E-state index is 11.0. The molecule has 0 aliphatic carbocycles. The molecule has 0 bridgehead atoms. The zero-order valence-corrected chi connectivity index (χ0v) is 7.91. The molecule has 0 fully saturated rings. The number of carbonyl (C=O) groups is 1. The summed E-state index contributed by atoms with van der Waals surface area (Å²) < 4.78 is 5.37. The summed E-state index contributed by atoms with van der Waals surface area (Å²) in [5, 5.41) is 0. The Hall–Kier alpha value is -0.790. The molecule has 0 amide bonds. The number of ether oxygens (including phenoxy) is 1. The van der Waals surface area contributed by atoms with Crippen LogP contribution >= 0.6 is 0 Å². The van der Waals surface area contributed by atoms with Gasteiger partial charge in [0.2, 0.25) is 0 Å². The molecular formula is C10H16O2. The molecule has 0 spiro atoms. The van der Waals surface area contributed by atoms with E-state index in [1.807, 2.05) is 0 Å². The molecule has 1 rings (SSSR count). The Morgan fingerprint density at radius 3 is 2.67 bits per heavy atom. The van der Waals surface area contributed by atoms with E-state index < -0.39 is 0 Å². The van der Waals surface area contributed by atoms with Gasteiger partial charge in [0.15, 0.2) is 5.78 Å². The van der Waals surface area contributed by atoms with E-state index in [1.165, 1.54) is 12.3 Å². The topological polar surface area (TPSA) is 26.3 Å². The summed E-state index contributed by atoms with van der Waals surface area (Å²) in [4.78, 5) is 11.0. The van der Waals surface area contributed by atoms with Crippen LogP contribution in [0.1, 0.15) is 27.2 Å². The van der Waals surface area contributed by atoms with E-state index in [1.54, 1.807) is 0 Å². The Balaban J connectivity index is 2.54. The van der Waals surface area contributed by atoms with Gasteiger partial charge >= 0.3 is 0 Å². The normalized spacial score (nSPS) is 25.7. The maximum atomic E-state index is 11.0. The average molecular weight is 168 g/mol. The third kappa shape index (κ3) is 2.10. The van der Waals surface area contributed by atoms with Crippen LogP contribution < -0.4 is 0 Å². The molecule has 12 heavy (non-hydrogen) atoms. The summed E-state index contributed by atoms with van der Waals surface area (Å²) in [6, 6.07) is 0. The van der Waals surface area contributed by atoms with Crippen molar-refractivity contribution >= 4 is 5.78 Å². The van der Waals surface area contributed by atoms with E-state index in [2.05, 4.69) is 20.8 Å². The molecule has 0 saturated carbocycles. The van der Waals surface area contributed by atoms with Crippen LogP contribution in [-0.2, 0) is 9.53 Å². The molecule has 0 N–H and O–H groups in total. The highest BCUT2D eigenvalue weighted by Crippen LogP contribution is 2.22. The number of hydrogen-bond acceptors (Lipinski definition) is 2.